The monoisotopic (exact) mass is 358 g/mol. The van der Waals surface area contributed by atoms with Crippen molar-refractivity contribution >= 4 is 17.8 Å². The molecule has 0 bridgehead atoms. The molecule has 10 nitrogen and oxygen atoms in total. The third-order valence-electron chi connectivity index (χ3n) is 3.17. The molecule has 1 rings (SSSR count). The van der Waals surface area contributed by atoms with E-state index in [1.807, 2.05) is 0 Å². The standard InChI is InChI=1S/C14H19FN4O6/c1-7(2)11(13(23)25-3)17-9(20)4-16-10(21)6-19-5-8(15)12(22)18-14(19)24/h5,7,11H,4,6H2,1-3H3,(H,16,21)(H,17,20)(H,18,22,24)/t11-/m0/s1. The van der Waals surface area contributed by atoms with E-state index in [0.717, 1.165) is 0 Å². The zero-order valence-corrected chi connectivity index (χ0v) is 13.9. The number of halogens is 1. The molecule has 0 aromatic carbocycles. The van der Waals surface area contributed by atoms with Crippen LogP contribution in [0.2, 0.25) is 0 Å². The summed E-state index contributed by atoms with van der Waals surface area (Å²) in [6, 6.07) is -0.870. The fourth-order valence-corrected chi connectivity index (χ4v) is 1.84. The number of nitrogens with zero attached hydrogens (tertiary/aromatic N) is 1. The molecule has 0 radical (unpaired) electrons. The zero-order chi connectivity index (χ0) is 19.1. The van der Waals surface area contributed by atoms with Crippen LogP contribution in [-0.2, 0) is 25.7 Å². The van der Waals surface area contributed by atoms with Crippen LogP contribution in [0.3, 0.4) is 0 Å². The summed E-state index contributed by atoms with van der Waals surface area (Å²) < 4.78 is 18.3. The number of H-pyrrole nitrogens is 1. The SMILES string of the molecule is COC(=O)[C@@H](NC(=O)CNC(=O)Cn1cc(F)c(=O)[nH]c1=O)C(C)C. The fraction of sp³-hybridized carbons (Fsp3) is 0.500. The molecule has 3 N–H and O–H groups in total. The Kier molecular flexibility index (Phi) is 7.03. The van der Waals surface area contributed by atoms with Crippen LogP contribution in [0.4, 0.5) is 4.39 Å². The predicted molar refractivity (Wildman–Crippen MR) is 83.1 cm³/mol. The normalized spacial score (nSPS) is 11.7. The van der Waals surface area contributed by atoms with Gasteiger partial charge < -0.3 is 15.4 Å². The minimum atomic E-state index is -1.22. The summed E-state index contributed by atoms with van der Waals surface area (Å²) in [6.45, 7) is 2.36. The predicted octanol–water partition coefficient (Wildman–Crippen LogP) is -1.89. The average Bonchev–Trinajstić information content (AvgIpc) is 2.54. The first-order chi connectivity index (χ1) is 11.6. The summed E-state index contributed by atoms with van der Waals surface area (Å²) in [7, 11) is 1.19. The molecule has 1 atom stereocenters. The van der Waals surface area contributed by atoms with Gasteiger partial charge in [0.05, 0.1) is 19.9 Å². The van der Waals surface area contributed by atoms with Gasteiger partial charge in [0, 0.05) is 0 Å². The summed E-state index contributed by atoms with van der Waals surface area (Å²) in [5, 5.41) is 4.63. The Morgan fingerprint density at radius 1 is 1.28 bits per heavy atom. The highest BCUT2D eigenvalue weighted by Gasteiger charge is 2.24. The van der Waals surface area contributed by atoms with Gasteiger partial charge in [0.15, 0.2) is 0 Å². The number of aromatic nitrogens is 2. The summed E-state index contributed by atoms with van der Waals surface area (Å²) in [5.74, 6) is -3.47. The van der Waals surface area contributed by atoms with Crippen LogP contribution in [0.15, 0.2) is 15.8 Å². The van der Waals surface area contributed by atoms with Crippen LogP contribution in [-0.4, -0.2) is 47.0 Å². The van der Waals surface area contributed by atoms with Crippen molar-refractivity contribution in [3.63, 3.8) is 0 Å². The van der Waals surface area contributed by atoms with Gasteiger partial charge in [-0.2, -0.15) is 4.39 Å². The van der Waals surface area contributed by atoms with E-state index in [1.54, 1.807) is 18.8 Å². The number of carbonyl (C=O) groups is 3. The van der Waals surface area contributed by atoms with Crippen molar-refractivity contribution in [2.45, 2.75) is 26.4 Å². The van der Waals surface area contributed by atoms with Gasteiger partial charge in [0.1, 0.15) is 12.6 Å². The third kappa shape index (κ3) is 5.86. The molecule has 0 unspecified atom stereocenters. The first-order valence-corrected chi connectivity index (χ1v) is 7.28. The van der Waals surface area contributed by atoms with Gasteiger partial charge in [0.2, 0.25) is 17.6 Å². The summed E-state index contributed by atoms with van der Waals surface area (Å²) in [6.07, 6.45) is 0.590. The van der Waals surface area contributed by atoms with Crippen LogP contribution in [0.5, 0.6) is 0 Å². The smallest absolute Gasteiger partial charge is 0.328 e. The van der Waals surface area contributed by atoms with Crippen molar-refractivity contribution in [2.75, 3.05) is 13.7 Å². The number of amides is 2. The number of hydrogen-bond acceptors (Lipinski definition) is 6. The minimum absolute atomic E-state index is 0.227. The van der Waals surface area contributed by atoms with E-state index >= 15 is 0 Å². The van der Waals surface area contributed by atoms with Gasteiger partial charge in [-0.1, -0.05) is 13.8 Å². The number of nitrogens with one attached hydrogen (secondary N) is 3. The number of carbonyl (C=O) groups excluding carboxylic acids is 3. The molecule has 0 spiro atoms. The fourth-order valence-electron chi connectivity index (χ4n) is 1.84. The largest absolute Gasteiger partial charge is 0.467 e. The van der Waals surface area contributed by atoms with E-state index in [0.29, 0.717) is 10.8 Å². The van der Waals surface area contributed by atoms with Crippen LogP contribution in [0.1, 0.15) is 13.8 Å². The Morgan fingerprint density at radius 2 is 1.92 bits per heavy atom. The van der Waals surface area contributed by atoms with Crippen molar-refractivity contribution in [3.05, 3.63) is 32.9 Å². The van der Waals surface area contributed by atoms with Crippen LogP contribution >= 0.6 is 0 Å². The van der Waals surface area contributed by atoms with E-state index in [9.17, 15) is 28.4 Å². The molecule has 0 saturated heterocycles. The second-order valence-electron chi connectivity index (χ2n) is 5.45. The summed E-state index contributed by atoms with van der Waals surface area (Å²) in [5.41, 5.74) is -2.15. The van der Waals surface area contributed by atoms with Gasteiger partial charge in [-0.15, -0.1) is 0 Å². The number of aromatic amines is 1. The molecule has 0 aliphatic carbocycles. The Hall–Kier alpha value is -2.98. The van der Waals surface area contributed by atoms with Crippen molar-refractivity contribution in [3.8, 4) is 0 Å². The first-order valence-electron chi connectivity index (χ1n) is 7.28. The number of rotatable bonds is 7. The average molecular weight is 358 g/mol. The number of ether oxygens (including phenoxy) is 1. The van der Waals surface area contributed by atoms with Crippen molar-refractivity contribution in [1.29, 1.82) is 0 Å². The highest BCUT2D eigenvalue weighted by Crippen LogP contribution is 2.03. The maximum atomic E-state index is 13.1. The van der Waals surface area contributed by atoms with Gasteiger partial charge >= 0.3 is 11.7 Å². The van der Waals surface area contributed by atoms with Crippen LogP contribution in [0.25, 0.3) is 0 Å². The van der Waals surface area contributed by atoms with E-state index in [2.05, 4.69) is 15.4 Å². The lowest BCUT2D eigenvalue weighted by Gasteiger charge is -2.19. The topological polar surface area (TPSA) is 139 Å². The lowest BCUT2D eigenvalue weighted by molar-refractivity contribution is -0.146. The van der Waals surface area contributed by atoms with Gasteiger partial charge in [-0.25, -0.2) is 9.59 Å². The van der Waals surface area contributed by atoms with Crippen LogP contribution in [0, 0.1) is 11.7 Å². The highest BCUT2D eigenvalue weighted by atomic mass is 19.1. The molecule has 1 aromatic heterocycles. The van der Waals surface area contributed by atoms with E-state index in [1.165, 1.54) is 7.11 Å². The Balaban J connectivity index is 2.60. The minimum Gasteiger partial charge on any atom is -0.467 e. The molecular weight excluding hydrogens is 339 g/mol. The third-order valence-corrected chi connectivity index (χ3v) is 3.17. The lowest BCUT2D eigenvalue weighted by atomic mass is 10.0. The van der Waals surface area contributed by atoms with Gasteiger partial charge in [-0.3, -0.25) is 23.9 Å². The quantitative estimate of drug-likeness (QED) is 0.487. The zero-order valence-electron chi connectivity index (χ0n) is 13.9. The molecule has 1 heterocycles. The van der Waals surface area contributed by atoms with Crippen molar-refractivity contribution in [2.24, 2.45) is 5.92 Å². The molecule has 138 valence electrons. The first kappa shape index (κ1) is 20.1. The molecular formula is C14H19FN4O6. The number of esters is 1. The maximum Gasteiger partial charge on any atom is 0.328 e. The second-order valence-corrected chi connectivity index (χ2v) is 5.45. The summed E-state index contributed by atoms with van der Waals surface area (Å²) in [4.78, 5) is 59.1. The van der Waals surface area contributed by atoms with E-state index in [-0.39, 0.29) is 5.92 Å². The molecule has 1 aromatic rings. The van der Waals surface area contributed by atoms with Crippen molar-refractivity contribution in [1.82, 2.24) is 20.2 Å². The van der Waals surface area contributed by atoms with Gasteiger partial charge in [0.25, 0.3) is 5.56 Å². The van der Waals surface area contributed by atoms with E-state index in [4.69, 9.17) is 0 Å². The Labute approximate surface area is 141 Å². The second kappa shape index (κ2) is 8.76. The number of hydrogen-bond donors (Lipinski definition) is 3. The van der Waals surface area contributed by atoms with Crippen molar-refractivity contribution < 1.29 is 23.5 Å². The lowest BCUT2D eigenvalue weighted by Crippen LogP contribution is -2.49. The molecule has 0 saturated carbocycles. The van der Waals surface area contributed by atoms with Crippen LogP contribution < -0.4 is 21.9 Å². The Morgan fingerprint density at radius 3 is 2.48 bits per heavy atom. The molecule has 25 heavy (non-hydrogen) atoms. The highest BCUT2D eigenvalue weighted by molar-refractivity contribution is 5.88. The van der Waals surface area contributed by atoms with E-state index < -0.39 is 54.0 Å². The summed E-state index contributed by atoms with van der Waals surface area (Å²) >= 11 is 0. The Bertz CT molecular complexity index is 769. The number of methoxy groups -OCH3 is 1. The molecule has 11 heteroatoms. The maximum absolute atomic E-state index is 13.1. The molecule has 0 fully saturated rings. The molecule has 0 aliphatic rings. The molecule has 0 aliphatic heterocycles. The molecule has 2 amide bonds. The van der Waals surface area contributed by atoms with Gasteiger partial charge in [-0.05, 0) is 5.92 Å².